The maximum Gasteiger partial charge on any atom is 0.329 e. The summed E-state index contributed by atoms with van der Waals surface area (Å²) >= 11 is 6.21. The van der Waals surface area contributed by atoms with Gasteiger partial charge < -0.3 is 4.90 Å². The molecule has 1 aliphatic rings. The van der Waals surface area contributed by atoms with Gasteiger partial charge in [0.05, 0.1) is 6.54 Å². The molecule has 0 unspecified atom stereocenters. The molecule has 0 atom stereocenters. The van der Waals surface area contributed by atoms with Crippen molar-refractivity contribution in [3.8, 4) is 0 Å². The standard InChI is InChI=1S/C24H24ClFN6O2/c1-29-21-20(22(33)28-24(29)34)32(14-16-6-3-2-4-7-16)23(27-21)31-12-10-30(11-13-31)15-17-18(25)8-5-9-19(17)26/h2-9H,10-15H2,1H3,(H,28,33,34). The topological polar surface area (TPSA) is 79.2 Å². The summed E-state index contributed by atoms with van der Waals surface area (Å²) in [6.07, 6.45) is 0. The number of nitrogens with one attached hydrogen (secondary N) is 1. The number of H-pyrrole nitrogens is 1. The Labute approximate surface area is 199 Å². The maximum atomic E-state index is 14.2. The molecule has 8 nitrogen and oxygen atoms in total. The van der Waals surface area contributed by atoms with Gasteiger partial charge in [-0.25, -0.2) is 9.18 Å². The molecule has 1 aliphatic heterocycles. The zero-order chi connectivity index (χ0) is 23.8. The van der Waals surface area contributed by atoms with E-state index in [1.807, 2.05) is 34.9 Å². The lowest BCUT2D eigenvalue weighted by Gasteiger charge is -2.35. The number of aromatic nitrogens is 4. The van der Waals surface area contributed by atoms with E-state index >= 15 is 0 Å². The summed E-state index contributed by atoms with van der Waals surface area (Å²) in [4.78, 5) is 36.3. The highest BCUT2D eigenvalue weighted by atomic mass is 35.5. The fraction of sp³-hybridized carbons (Fsp3) is 0.292. The van der Waals surface area contributed by atoms with Crippen LogP contribution < -0.4 is 16.1 Å². The predicted molar refractivity (Wildman–Crippen MR) is 130 cm³/mol. The van der Waals surface area contributed by atoms with Gasteiger partial charge in [-0.15, -0.1) is 0 Å². The SMILES string of the molecule is Cn1c(=O)[nH]c(=O)c2c1nc(N1CCN(Cc3c(F)cccc3Cl)CC1)n2Cc1ccccc1. The van der Waals surface area contributed by atoms with Crippen LogP contribution in [0.2, 0.25) is 5.02 Å². The molecular formula is C24H24ClFN6O2. The quantitative estimate of drug-likeness (QED) is 0.473. The second-order valence-electron chi connectivity index (χ2n) is 8.44. The third-order valence-corrected chi connectivity index (χ3v) is 6.62. The highest BCUT2D eigenvalue weighted by Crippen LogP contribution is 2.25. The molecule has 0 amide bonds. The normalized spacial score (nSPS) is 14.7. The first-order chi connectivity index (χ1) is 16.4. The summed E-state index contributed by atoms with van der Waals surface area (Å²) in [6.45, 7) is 3.49. The first-order valence-electron chi connectivity index (χ1n) is 11.1. The van der Waals surface area contributed by atoms with E-state index in [1.165, 1.54) is 10.6 Å². The van der Waals surface area contributed by atoms with Gasteiger partial charge in [-0.1, -0.05) is 48.0 Å². The minimum atomic E-state index is -0.500. The molecule has 1 saturated heterocycles. The van der Waals surface area contributed by atoms with Crippen LogP contribution in [0.15, 0.2) is 58.1 Å². The summed E-state index contributed by atoms with van der Waals surface area (Å²) in [6, 6.07) is 14.5. The van der Waals surface area contributed by atoms with Crippen LogP contribution in [-0.4, -0.2) is 50.2 Å². The molecule has 10 heteroatoms. The molecule has 2 aromatic heterocycles. The van der Waals surface area contributed by atoms with Crippen molar-refractivity contribution in [2.75, 3.05) is 31.1 Å². The van der Waals surface area contributed by atoms with Crippen LogP contribution in [0.4, 0.5) is 10.3 Å². The van der Waals surface area contributed by atoms with Crippen molar-refractivity contribution in [2.45, 2.75) is 13.1 Å². The Hall–Kier alpha value is -3.43. The number of piperazine rings is 1. The van der Waals surface area contributed by atoms with Crippen molar-refractivity contribution in [2.24, 2.45) is 7.05 Å². The molecule has 3 heterocycles. The van der Waals surface area contributed by atoms with Crippen LogP contribution >= 0.6 is 11.6 Å². The number of hydrogen-bond acceptors (Lipinski definition) is 5. The number of anilines is 1. The van der Waals surface area contributed by atoms with E-state index in [1.54, 1.807) is 19.2 Å². The van der Waals surface area contributed by atoms with E-state index in [-0.39, 0.29) is 5.82 Å². The average Bonchev–Trinajstić information content (AvgIpc) is 3.21. The summed E-state index contributed by atoms with van der Waals surface area (Å²) in [5.41, 5.74) is 1.27. The van der Waals surface area contributed by atoms with Gasteiger partial charge in [-0.3, -0.25) is 23.8 Å². The largest absolute Gasteiger partial charge is 0.340 e. The monoisotopic (exact) mass is 482 g/mol. The van der Waals surface area contributed by atoms with Gasteiger partial charge in [0.15, 0.2) is 11.2 Å². The second kappa shape index (κ2) is 9.08. The lowest BCUT2D eigenvalue weighted by Crippen LogP contribution is -2.47. The summed E-state index contributed by atoms with van der Waals surface area (Å²) in [7, 11) is 1.60. The summed E-state index contributed by atoms with van der Waals surface area (Å²) < 4.78 is 17.5. The van der Waals surface area contributed by atoms with Crippen molar-refractivity contribution >= 4 is 28.7 Å². The fourth-order valence-electron chi connectivity index (χ4n) is 4.39. The highest BCUT2D eigenvalue weighted by Gasteiger charge is 2.25. The minimum absolute atomic E-state index is 0.306. The smallest absolute Gasteiger partial charge is 0.329 e. The Kier molecular flexibility index (Phi) is 5.97. The van der Waals surface area contributed by atoms with Crippen LogP contribution in [0.25, 0.3) is 11.2 Å². The van der Waals surface area contributed by atoms with Gasteiger partial charge in [0.25, 0.3) is 5.56 Å². The Bertz CT molecular complexity index is 1430. The molecule has 0 bridgehead atoms. The Morgan fingerprint density at radius 1 is 1.00 bits per heavy atom. The van der Waals surface area contributed by atoms with E-state index < -0.39 is 11.2 Å². The van der Waals surface area contributed by atoms with Gasteiger partial charge in [-0.2, -0.15) is 4.98 Å². The number of imidazole rings is 1. The predicted octanol–water partition coefficient (Wildman–Crippen LogP) is 2.59. The Morgan fingerprint density at radius 3 is 2.44 bits per heavy atom. The molecule has 4 aromatic rings. The van der Waals surface area contributed by atoms with Gasteiger partial charge >= 0.3 is 5.69 Å². The van der Waals surface area contributed by atoms with E-state index in [0.29, 0.717) is 67.0 Å². The lowest BCUT2D eigenvalue weighted by atomic mass is 10.2. The molecule has 0 saturated carbocycles. The van der Waals surface area contributed by atoms with Crippen LogP contribution in [0, 0.1) is 5.82 Å². The van der Waals surface area contributed by atoms with Crippen LogP contribution in [-0.2, 0) is 20.1 Å². The maximum absolute atomic E-state index is 14.2. The molecule has 1 N–H and O–H groups in total. The number of aromatic amines is 1. The number of benzene rings is 2. The van der Waals surface area contributed by atoms with Crippen molar-refractivity contribution in [3.05, 3.63) is 91.3 Å². The third-order valence-electron chi connectivity index (χ3n) is 6.27. The van der Waals surface area contributed by atoms with E-state index in [4.69, 9.17) is 16.6 Å². The Balaban J connectivity index is 1.46. The molecule has 34 heavy (non-hydrogen) atoms. The summed E-state index contributed by atoms with van der Waals surface area (Å²) in [5.74, 6) is 0.328. The molecule has 0 spiro atoms. The molecule has 5 rings (SSSR count). The van der Waals surface area contributed by atoms with Crippen LogP contribution in [0.5, 0.6) is 0 Å². The van der Waals surface area contributed by atoms with Crippen molar-refractivity contribution in [1.82, 2.24) is 24.0 Å². The number of rotatable bonds is 5. The van der Waals surface area contributed by atoms with Crippen molar-refractivity contribution < 1.29 is 4.39 Å². The second-order valence-corrected chi connectivity index (χ2v) is 8.84. The number of fused-ring (bicyclic) bond motifs is 1. The van der Waals surface area contributed by atoms with Crippen LogP contribution in [0.3, 0.4) is 0 Å². The zero-order valence-electron chi connectivity index (χ0n) is 18.7. The molecule has 1 fully saturated rings. The number of halogens is 2. The number of aryl methyl sites for hydroxylation is 1. The molecule has 176 valence electrons. The lowest BCUT2D eigenvalue weighted by molar-refractivity contribution is 0.245. The van der Waals surface area contributed by atoms with E-state index in [9.17, 15) is 14.0 Å². The number of nitrogens with zero attached hydrogens (tertiary/aromatic N) is 5. The molecular weight excluding hydrogens is 459 g/mol. The van der Waals surface area contributed by atoms with E-state index in [2.05, 4.69) is 14.8 Å². The fourth-order valence-corrected chi connectivity index (χ4v) is 4.62. The number of hydrogen-bond donors (Lipinski definition) is 1. The van der Waals surface area contributed by atoms with Crippen LogP contribution in [0.1, 0.15) is 11.1 Å². The molecule has 0 radical (unpaired) electrons. The summed E-state index contributed by atoms with van der Waals surface area (Å²) in [5, 5.41) is 0.423. The van der Waals surface area contributed by atoms with Gasteiger partial charge in [0.2, 0.25) is 5.95 Å². The molecule has 2 aromatic carbocycles. The first-order valence-corrected chi connectivity index (χ1v) is 11.4. The zero-order valence-corrected chi connectivity index (χ0v) is 19.4. The van der Waals surface area contributed by atoms with Crippen molar-refractivity contribution in [1.29, 1.82) is 0 Å². The van der Waals surface area contributed by atoms with Gasteiger partial charge in [0.1, 0.15) is 5.82 Å². The van der Waals surface area contributed by atoms with E-state index in [0.717, 1.165) is 5.56 Å². The first kappa shape index (κ1) is 22.4. The minimum Gasteiger partial charge on any atom is -0.340 e. The van der Waals surface area contributed by atoms with Gasteiger partial charge in [0, 0.05) is 50.4 Å². The average molecular weight is 483 g/mol. The Morgan fingerprint density at radius 2 is 1.74 bits per heavy atom. The van der Waals surface area contributed by atoms with Gasteiger partial charge in [-0.05, 0) is 17.7 Å². The van der Waals surface area contributed by atoms with Crippen molar-refractivity contribution in [3.63, 3.8) is 0 Å². The molecule has 0 aliphatic carbocycles. The highest BCUT2D eigenvalue weighted by molar-refractivity contribution is 6.31. The third kappa shape index (κ3) is 4.12.